The molecule has 0 bridgehead atoms. The van der Waals surface area contributed by atoms with Gasteiger partial charge in [0.05, 0.1) is 0 Å². The molecule has 1 rings (SSSR count). The summed E-state index contributed by atoms with van der Waals surface area (Å²) in [7, 11) is 0. The van der Waals surface area contributed by atoms with Crippen LogP contribution >= 0.6 is 11.6 Å². The van der Waals surface area contributed by atoms with Crippen LogP contribution in [0.15, 0.2) is 30.3 Å². The van der Waals surface area contributed by atoms with E-state index in [9.17, 15) is 4.79 Å². The lowest BCUT2D eigenvalue weighted by Gasteiger charge is -2.11. The monoisotopic (exact) mass is 238 g/mol. The molecule has 0 aromatic heterocycles. The van der Waals surface area contributed by atoms with Gasteiger partial charge in [-0.3, -0.25) is 4.79 Å². The SMILES string of the molecule is CC(=O)C(CCCl)CCCc1ccccc1. The summed E-state index contributed by atoms with van der Waals surface area (Å²) in [5.74, 6) is 1.00. The second kappa shape index (κ2) is 7.45. The molecule has 1 nitrogen and oxygen atoms in total. The molecule has 0 spiro atoms. The smallest absolute Gasteiger partial charge is 0.132 e. The van der Waals surface area contributed by atoms with Gasteiger partial charge in [-0.1, -0.05) is 30.3 Å². The molecule has 1 unspecified atom stereocenters. The molecule has 0 saturated carbocycles. The molecule has 1 aromatic carbocycles. The van der Waals surface area contributed by atoms with Gasteiger partial charge in [0.25, 0.3) is 0 Å². The molecule has 0 N–H and O–H groups in total. The van der Waals surface area contributed by atoms with E-state index >= 15 is 0 Å². The normalized spacial score (nSPS) is 12.4. The Bertz CT molecular complexity index is 308. The van der Waals surface area contributed by atoms with Crippen LogP contribution in [0.3, 0.4) is 0 Å². The van der Waals surface area contributed by atoms with E-state index in [1.54, 1.807) is 6.92 Å². The zero-order valence-corrected chi connectivity index (χ0v) is 10.5. The van der Waals surface area contributed by atoms with Crippen molar-refractivity contribution in [3.8, 4) is 0 Å². The van der Waals surface area contributed by atoms with Gasteiger partial charge < -0.3 is 0 Å². The summed E-state index contributed by atoms with van der Waals surface area (Å²) in [6, 6.07) is 10.4. The lowest BCUT2D eigenvalue weighted by molar-refractivity contribution is -0.121. The number of aryl methyl sites for hydroxylation is 1. The van der Waals surface area contributed by atoms with E-state index in [0.717, 1.165) is 25.7 Å². The molecule has 1 atom stereocenters. The molecule has 0 saturated heterocycles. The van der Waals surface area contributed by atoms with Gasteiger partial charge in [0.15, 0.2) is 0 Å². The van der Waals surface area contributed by atoms with Crippen LogP contribution < -0.4 is 0 Å². The maximum absolute atomic E-state index is 11.3. The average Bonchev–Trinajstić information content (AvgIpc) is 2.29. The van der Waals surface area contributed by atoms with Crippen molar-refractivity contribution >= 4 is 17.4 Å². The number of hydrogen-bond donors (Lipinski definition) is 0. The fourth-order valence-corrected chi connectivity index (χ4v) is 2.14. The van der Waals surface area contributed by atoms with Gasteiger partial charge in [0, 0.05) is 11.8 Å². The molecule has 0 heterocycles. The number of alkyl halides is 1. The minimum atomic E-state index is 0.154. The summed E-state index contributed by atoms with van der Waals surface area (Å²) in [6.07, 6.45) is 3.88. The quantitative estimate of drug-likeness (QED) is 0.660. The van der Waals surface area contributed by atoms with Crippen molar-refractivity contribution in [2.24, 2.45) is 5.92 Å². The largest absolute Gasteiger partial charge is 0.300 e. The van der Waals surface area contributed by atoms with Gasteiger partial charge in [0.2, 0.25) is 0 Å². The molecule has 88 valence electrons. The molecule has 0 radical (unpaired) electrons. The van der Waals surface area contributed by atoms with Crippen LogP contribution in [0.25, 0.3) is 0 Å². The Labute approximate surface area is 103 Å². The van der Waals surface area contributed by atoms with Crippen LogP contribution in [0.1, 0.15) is 31.7 Å². The van der Waals surface area contributed by atoms with Crippen molar-refractivity contribution < 1.29 is 4.79 Å². The zero-order chi connectivity index (χ0) is 11.8. The Balaban J connectivity index is 2.31. The summed E-state index contributed by atoms with van der Waals surface area (Å²) in [5.41, 5.74) is 1.34. The highest BCUT2D eigenvalue weighted by atomic mass is 35.5. The van der Waals surface area contributed by atoms with Crippen LogP contribution in [0, 0.1) is 5.92 Å². The highest BCUT2D eigenvalue weighted by Gasteiger charge is 2.12. The van der Waals surface area contributed by atoms with Gasteiger partial charge in [-0.15, -0.1) is 11.6 Å². The highest BCUT2D eigenvalue weighted by molar-refractivity contribution is 6.18. The van der Waals surface area contributed by atoms with E-state index in [0.29, 0.717) is 5.88 Å². The van der Waals surface area contributed by atoms with E-state index in [1.807, 2.05) is 6.07 Å². The number of rotatable bonds is 7. The van der Waals surface area contributed by atoms with E-state index in [2.05, 4.69) is 24.3 Å². The first kappa shape index (κ1) is 13.2. The first-order chi connectivity index (χ1) is 7.74. The third-order valence-corrected chi connectivity index (χ3v) is 3.11. The summed E-state index contributed by atoms with van der Waals surface area (Å²) in [6.45, 7) is 1.67. The molecule has 1 aromatic rings. The molecule has 0 aliphatic carbocycles. The fraction of sp³-hybridized carbons (Fsp3) is 0.500. The van der Waals surface area contributed by atoms with Gasteiger partial charge in [0.1, 0.15) is 5.78 Å². The van der Waals surface area contributed by atoms with Crippen molar-refractivity contribution in [1.82, 2.24) is 0 Å². The van der Waals surface area contributed by atoms with Crippen LogP contribution in [0.2, 0.25) is 0 Å². The molecule has 0 aliphatic heterocycles. The zero-order valence-electron chi connectivity index (χ0n) is 9.79. The molecular weight excluding hydrogens is 220 g/mol. The van der Waals surface area contributed by atoms with Crippen molar-refractivity contribution in [3.63, 3.8) is 0 Å². The van der Waals surface area contributed by atoms with Crippen LogP contribution in [0.5, 0.6) is 0 Å². The first-order valence-electron chi connectivity index (χ1n) is 5.84. The number of benzene rings is 1. The molecule has 0 fully saturated rings. The van der Waals surface area contributed by atoms with Gasteiger partial charge in [-0.05, 0) is 38.2 Å². The molecule has 16 heavy (non-hydrogen) atoms. The maximum atomic E-state index is 11.3. The van der Waals surface area contributed by atoms with E-state index < -0.39 is 0 Å². The average molecular weight is 239 g/mol. The Morgan fingerprint density at radius 2 is 1.94 bits per heavy atom. The topological polar surface area (TPSA) is 17.1 Å². The van der Waals surface area contributed by atoms with E-state index in [-0.39, 0.29) is 11.7 Å². The number of Topliss-reactive ketones (excluding diaryl/α,β-unsaturated/α-hetero) is 1. The third kappa shape index (κ3) is 4.80. The summed E-state index contributed by atoms with van der Waals surface area (Å²) >= 11 is 5.68. The lowest BCUT2D eigenvalue weighted by Crippen LogP contribution is -2.11. The predicted octanol–water partition coefficient (Wildman–Crippen LogP) is 3.84. The van der Waals surface area contributed by atoms with Crippen LogP contribution in [0.4, 0.5) is 0 Å². The Hall–Kier alpha value is -0.820. The molecule has 0 aliphatic rings. The minimum absolute atomic E-state index is 0.154. The second-order valence-electron chi connectivity index (χ2n) is 4.16. The van der Waals surface area contributed by atoms with Crippen molar-refractivity contribution in [1.29, 1.82) is 0 Å². The Morgan fingerprint density at radius 3 is 2.50 bits per heavy atom. The number of carbonyl (C=O) groups excluding carboxylic acids is 1. The molecule has 2 heteroatoms. The Kier molecular flexibility index (Phi) is 6.17. The number of carbonyl (C=O) groups is 1. The number of halogens is 1. The highest BCUT2D eigenvalue weighted by Crippen LogP contribution is 2.15. The van der Waals surface area contributed by atoms with E-state index in [4.69, 9.17) is 11.6 Å². The third-order valence-electron chi connectivity index (χ3n) is 2.89. The first-order valence-corrected chi connectivity index (χ1v) is 6.38. The molecule has 0 amide bonds. The van der Waals surface area contributed by atoms with Gasteiger partial charge in [-0.2, -0.15) is 0 Å². The second-order valence-corrected chi connectivity index (χ2v) is 4.54. The lowest BCUT2D eigenvalue weighted by atomic mass is 9.94. The Morgan fingerprint density at radius 1 is 1.25 bits per heavy atom. The predicted molar refractivity (Wildman–Crippen MR) is 68.9 cm³/mol. The number of ketones is 1. The summed E-state index contributed by atoms with van der Waals surface area (Å²) in [5, 5.41) is 0. The van der Waals surface area contributed by atoms with Gasteiger partial charge >= 0.3 is 0 Å². The standard InChI is InChI=1S/C14H19ClO/c1-12(16)14(10-11-15)9-5-8-13-6-3-2-4-7-13/h2-4,6-7,14H,5,8-11H2,1H3. The molecular formula is C14H19ClO. The van der Waals surface area contributed by atoms with Crippen LogP contribution in [-0.4, -0.2) is 11.7 Å². The number of hydrogen-bond acceptors (Lipinski definition) is 1. The van der Waals surface area contributed by atoms with Crippen LogP contribution in [-0.2, 0) is 11.2 Å². The van der Waals surface area contributed by atoms with Crippen molar-refractivity contribution in [2.75, 3.05) is 5.88 Å². The summed E-state index contributed by atoms with van der Waals surface area (Å²) in [4.78, 5) is 11.3. The maximum Gasteiger partial charge on any atom is 0.132 e. The van der Waals surface area contributed by atoms with Crippen molar-refractivity contribution in [2.45, 2.75) is 32.6 Å². The summed E-state index contributed by atoms with van der Waals surface area (Å²) < 4.78 is 0. The fourth-order valence-electron chi connectivity index (χ4n) is 1.88. The minimum Gasteiger partial charge on any atom is -0.300 e. The van der Waals surface area contributed by atoms with E-state index in [1.165, 1.54) is 5.56 Å². The van der Waals surface area contributed by atoms with Crippen molar-refractivity contribution in [3.05, 3.63) is 35.9 Å². The van der Waals surface area contributed by atoms with Gasteiger partial charge in [-0.25, -0.2) is 0 Å².